The Morgan fingerprint density at radius 3 is 3.05 bits per heavy atom. The molecule has 1 aliphatic rings. The first-order valence-corrected chi connectivity index (χ1v) is 7.24. The summed E-state index contributed by atoms with van der Waals surface area (Å²) >= 11 is 0. The number of hydrogen-bond donors (Lipinski definition) is 1. The summed E-state index contributed by atoms with van der Waals surface area (Å²) in [5, 5.41) is 0. The molecule has 0 saturated heterocycles. The van der Waals surface area contributed by atoms with Gasteiger partial charge in [-0.15, -0.1) is 0 Å². The van der Waals surface area contributed by atoms with Crippen LogP contribution in [0.5, 0.6) is 0 Å². The van der Waals surface area contributed by atoms with Crippen molar-refractivity contribution in [2.75, 3.05) is 11.4 Å². The molecule has 3 aromatic heterocycles. The third kappa shape index (κ3) is 1.87. The van der Waals surface area contributed by atoms with Gasteiger partial charge in [-0.1, -0.05) is 0 Å². The van der Waals surface area contributed by atoms with Crippen LogP contribution in [0.4, 0.5) is 5.82 Å². The van der Waals surface area contributed by atoms with Crippen molar-refractivity contribution < 1.29 is 0 Å². The number of H-pyrrole nitrogens is 1. The van der Waals surface area contributed by atoms with Crippen LogP contribution in [-0.4, -0.2) is 36.0 Å². The Hall–Kier alpha value is -2.77. The van der Waals surface area contributed by atoms with Gasteiger partial charge in [0.25, 0.3) is 5.56 Å². The Labute approximate surface area is 125 Å². The number of aromatic nitrogens is 6. The van der Waals surface area contributed by atoms with E-state index in [1.807, 2.05) is 11.5 Å². The van der Waals surface area contributed by atoms with E-state index in [4.69, 9.17) is 0 Å². The molecule has 4 rings (SSSR count). The summed E-state index contributed by atoms with van der Waals surface area (Å²) in [4.78, 5) is 34.1. The molecule has 0 amide bonds. The molecule has 0 bridgehead atoms. The summed E-state index contributed by atoms with van der Waals surface area (Å²) in [6, 6.07) is 0. The molecule has 0 saturated carbocycles. The van der Waals surface area contributed by atoms with Crippen molar-refractivity contribution in [1.82, 2.24) is 29.5 Å². The standard InChI is InChI=1S/C14H15N7O/c1-2-20-8-19-11-12(20)16-7-17-13(11)21-4-3-10-9(5-21)14(22)18-6-15-10/h6-8H,2-5H2,1H3,(H,15,18,22). The van der Waals surface area contributed by atoms with Crippen LogP contribution in [-0.2, 0) is 19.5 Å². The van der Waals surface area contributed by atoms with Crippen LogP contribution in [0.1, 0.15) is 18.2 Å². The highest BCUT2D eigenvalue weighted by molar-refractivity contribution is 5.83. The molecule has 22 heavy (non-hydrogen) atoms. The molecule has 0 aromatic carbocycles. The van der Waals surface area contributed by atoms with Crippen molar-refractivity contribution in [2.45, 2.75) is 26.4 Å². The third-order valence-corrected chi connectivity index (χ3v) is 4.03. The minimum atomic E-state index is -0.0842. The van der Waals surface area contributed by atoms with E-state index >= 15 is 0 Å². The first-order valence-electron chi connectivity index (χ1n) is 7.24. The van der Waals surface area contributed by atoms with Crippen LogP contribution in [0.25, 0.3) is 11.2 Å². The summed E-state index contributed by atoms with van der Waals surface area (Å²) < 4.78 is 1.98. The van der Waals surface area contributed by atoms with Crippen molar-refractivity contribution in [3.8, 4) is 0 Å². The molecule has 1 N–H and O–H groups in total. The van der Waals surface area contributed by atoms with Crippen molar-refractivity contribution >= 4 is 17.0 Å². The van der Waals surface area contributed by atoms with Crippen LogP contribution >= 0.6 is 0 Å². The Morgan fingerprint density at radius 2 is 2.18 bits per heavy atom. The molecule has 0 atom stereocenters. The Morgan fingerprint density at radius 1 is 1.27 bits per heavy atom. The number of hydrogen-bond acceptors (Lipinski definition) is 6. The number of aromatic amines is 1. The zero-order valence-electron chi connectivity index (χ0n) is 12.2. The van der Waals surface area contributed by atoms with E-state index in [1.54, 1.807) is 12.7 Å². The molecule has 0 spiro atoms. The number of imidazole rings is 1. The fourth-order valence-electron chi connectivity index (χ4n) is 2.87. The number of aryl methyl sites for hydroxylation is 1. The maximum absolute atomic E-state index is 12.0. The molecule has 112 valence electrons. The summed E-state index contributed by atoms with van der Waals surface area (Å²) in [7, 11) is 0. The van der Waals surface area contributed by atoms with Gasteiger partial charge in [-0.2, -0.15) is 0 Å². The van der Waals surface area contributed by atoms with E-state index in [1.165, 1.54) is 6.33 Å². The minimum absolute atomic E-state index is 0.0842. The molecule has 1 aliphatic heterocycles. The smallest absolute Gasteiger partial charge is 0.255 e. The predicted octanol–water partition coefficient (Wildman–Crippen LogP) is 0.492. The second kappa shape index (κ2) is 4.90. The topological polar surface area (TPSA) is 92.6 Å². The van der Waals surface area contributed by atoms with E-state index in [-0.39, 0.29) is 5.56 Å². The Bertz CT molecular complexity index is 898. The summed E-state index contributed by atoms with van der Waals surface area (Å²) in [5.74, 6) is 0.770. The van der Waals surface area contributed by atoms with Crippen LogP contribution in [0.2, 0.25) is 0 Å². The first-order chi connectivity index (χ1) is 10.8. The number of fused-ring (bicyclic) bond motifs is 2. The summed E-state index contributed by atoms with van der Waals surface area (Å²) in [6.07, 6.45) is 5.51. The second-order valence-electron chi connectivity index (χ2n) is 5.23. The number of anilines is 1. The lowest BCUT2D eigenvalue weighted by atomic mass is 10.1. The van der Waals surface area contributed by atoms with Gasteiger partial charge in [-0.3, -0.25) is 4.79 Å². The molecular formula is C14H15N7O. The molecule has 8 nitrogen and oxygen atoms in total. The molecule has 0 unspecified atom stereocenters. The van der Waals surface area contributed by atoms with Gasteiger partial charge in [-0.05, 0) is 6.92 Å². The van der Waals surface area contributed by atoms with Crippen LogP contribution < -0.4 is 10.5 Å². The Kier molecular flexibility index (Phi) is 2.88. The average Bonchev–Trinajstić information content (AvgIpc) is 2.98. The molecule has 0 radical (unpaired) electrons. The van der Waals surface area contributed by atoms with Crippen molar-refractivity contribution in [3.63, 3.8) is 0 Å². The highest BCUT2D eigenvalue weighted by Crippen LogP contribution is 2.25. The van der Waals surface area contributed by atoms with Gasteiger partial charge in [0.05, 0.1) is 30.5 Å². The normalized spacial score (nSPS) is 14.3. The second-order valence-corrected chi connectivity index (χ2v) is 5.23. The predicted molar refractivity (Wildman–Crippen MR) is 80.6 cm³/mol. The van der Waals surface area contributed by atoms with E-state index in [9.17, 15) is 4.79 Å². The van der Waals surface area contributed by atoms with E-state index in [2.05, 4.69) is 29.8 Å². The lowest BCUT2D eigenvalue weighted by molar-refractivity contribution is 0.690. The fraction of sp³-hybridized carbons (Fsp3) is 0.357. The van der Waals surface area contributed by atoms with Gasteiger partial charge in [0.1, 0.15) is 6.33 Å². The maximum Gasteiger partial charge on any atom is 0.255 e. The highest BCUT2D eigenvalue weighted by atomic mass is 16.1. The van der Waals surface area contributed by atoms with Gasteiger partial charge in [0.15, 0.2) is 17.0 Å². The van der Waals surface area contributed by atoms with Gasteiger partial charge >= 0.3 is 0 Å². The van der Waals surface area contributed by atoms with Gasteiger partial charge in [-0.25, -0.2) is 19.9 Å². The van der Waals surface area contributed by atoms with Crippen molar-refractivity contribution in [2.24, 2.45) is 0 Å². The largest absolute Gasteiger partial charge is 0.350 e. The van der Waals surface area contributed by atoms with Gasteiger partial charge in [0, 0.05) is 19.5 Å². The van der Waals surface area contributed by atoms with E-state index in [0.29, 0.717) is 12.1 Å². The van der Waals surface area contributed by atoms with Crippen molar-refractivity contribution in [1.29, 1.82) is 0 Å². The average molecular weight is 297 g/mol. The van der Waals surface area contributed by atoms with Crippen molar-refractivity contribution in [3.05, 3.63) is 40.6 Å². The van der Waals surface area contributed by atoms with Crippen LogP contribution in [0.3, 0.4) is 0 Å². The number of nitrogens with zero attached hydrogens (tertiary/aromatic N) is 6. The third-order valence-electron chi connectivity index (χ3n) is 4.03. The van der Waals surface area contributed by atoms with Gasteiger partial charge < -0.3 is 14.5 Å². The van der Waals surface area contributed by atoms with E-state index < -0.39 is 0 Å². The quantitative estimate of drug-likeness (QED) is 0.740. The molecule has 4 heterocycles. The van der Waals surface area contributed by atoms with Gasteiger partial charge in [0.2, 0.25) is 0 Å². The number of rotatable bonds is 2. The lowest BCUT2D eigenvalue weighted by Crippen LogP contribution is -2.36. The monoisotopic (exact) mass is 297 g/mol. The van der Waals surface area contributed by atoms with Crippen LogP contribution in [0.15, 0.2) is 23.8 Å². The first kappa shape index (κ1) is 12.9. The molecule has 8 heteroatoms. The van der Waals surface area contributed by atoms with E-state index in [0.717, 1.165) is 42.2 Å². The molecular weight excluding hydrogens is 282 g/mol. The zero-order valence-corrected chi connectivity index (χ0v) is 12.2. The highest BCUT2D eigenvalue weighted by Gasteiger charge is 2.23. The minimum Gasteiger partial charge on any atom is -0.350 e. The summed E-state index contributed by atoms with van der Waals surface area (Å²) in [6.45, 7) is 4.10. The maximum atomic E-state index is 12.0. The summed E-state index contributed by atoms with van der Waals surface area (Å²) in [5.41, 5.74) is 3.07. The molecule has 0 fully saturated rings. The lowest BCUT2D eigenvalue weighted by Gasteiger charge is -2.28. The zero-order chi connectivity index (χ0) is 15.1. The molecule has 0 aliphatic carbocycles. The SMILES string of the molecule is CCn1cnc2c(N3CCc4nc[nH]c(=O)c4C3)ncnc21. The Balaban J connectivity index is 1.79. The molecule has 3 aromatic rings. The fourth-order valence-corrected chi connectivity index (χ4v) is 2.87. The van der Waals surface area contributed by atoms with Crippen LogP contribution in [0, 0.1) is 0 Å². The number of nitrogens with one attached hydrogen (secondary N) is 1.